The fourth-order valence-electron chi connectivity index (χ4n) is 4.92. The van der Waals surface area contributed by atoms with Crippen LogP contribution in [-0.2, 0) is 24.5 Å². The van der Waals surface area contributed by atoms with Gasteiger partial charge in [-0.05, 0) is 31.1 Å². The molecule has 0 aromatic rings. The molecule has 1 saturated carbocycles. The number of nitrogens with one attached hydrogen (secondary N) is 3. The fraction of sp³-hybridized carbons (Fsp3) is 0.840. The Balaban J connectivity index is 2.01. The summed E-state index contributed by atoms with van der Waals surface area (Å²) in [5.41, 5.74) is 0. The SMILES string of the molecule is C=CC[C@H](NC(=O)CNS(=O)(=O)N1CCOCC1)C(=O)N[C@@H](CC1CCCCC1)[C@@H](O)[C@@H](O)CC(C)C. The van der Waals surface area contributed by atoms with Crippen molar-refractivity contribution >= 4 is 22.0 Å². The van der Waals surface area contributed by atoms with E-state index in [9.17, 15) is 28.2 Å². The highest BCUT2D eigenvalue weighted by Gasteiger charge is 2.33. The lowest BCUT2D eigenvalue weighted by Gasteiger charge is -2.33. The molecule has 12 heteroatoms. The Morgan fingerprint density at radius 1 is 1.11 bits per heavy atom. The lowest BCUT2D eigenvalue weighted by atomic mass is 9.82. The summed E-state index contributed by atoms with van der Waals surface area (Å²) in [4.78, 5) is 25.7. The van der Waals surface area contributed by atoms with Crippen LogP contribution in [0.1, 0.15) is 65.2 Å². The predicted octanol–water partition coefficient (Wildman–Crippen LogP) is 0.437. The Labute approximate surface area is 221 Å². The minimum atomic E-state index is -3.85. The van der Waals surface area contributed by atoms with Gasteiger partial charge in [-0.15, -0.1) is 6.58 Å². The highest BCUT2D eigenvalue weighted by atomic mass is 32.2. The van der Waals surface area contributed by atoms with Crippen LogP contribution < -0.4 is 15.4 Å². The smallest absolute Gasteiger partial charge is 0.280 e. The first kappa shape index (κ1) is 31.6. The average molecular weight is 547 g/mol. The van der Waals surface area contributed by atoms with Gasteiger partial charge in [-0.3, -0.25) is 9.59 Å². The first-order chi connectivity index (χ1) is 17.5. The minimum absolute atomic E-state index is 0.120. The highest BCUT2D eigenvalue weighted by molar-refractivity contribution is 7.87. The third kappa shape index (κ3) is 11.0. The Morgan fingerprint density at radius 3 is 2.35 bits per heavy atom. The summed E-state index contributed by atoms with van der Waals surface area (Å²) in [6.07, 6.45) is 5.81. The van der Waals surface area contributed by atoms with Crippen LogP contribution in [0.25, 0.3) is 0 Å². The van der Waals surface area contributed by atoms with Gasteiger partial charge in [-0.1, -0.05) is 52.0 Å². The summed E-state index contributed by atoms with van der Waals surface area (Å²) in [6, 6.07) is -1.67. The van der Waals surface area contributed by atoms with E-state index in [1.165, 1.54) is 16.8 Å². The zero-order chi connectivity index (χ0) is 27.4. The standard InChI is InChI=1S/C25H46N4O7S/c1-4-8-20(27-23(31)17-26-37(34,35)29-11-13-36-14-12-29)25(33)28-21(16-19-9-6-5-7-10-19)24(32)22(30)15-18(2)3/h4,18-22,24,26,30,32H,1,5-17H2,2-3H3,(H,27,31)(H,28,33)/t20-,21-,22-,24+/m0/s1. The summed E-state index contributed by atoms with van der Waals surface area (Å²) < 4.78 is 33.5. The molecule has 1 aliphatic carbocycles. The number of carbonyl (C=O) groups is 2. The van der Waals surface area contributed by atoms with E-state index >= 15 is 0 Å². The van der Waals surface area contributed by atoms with Crippen molar-refractivity contribution in [2.45, 2.75) is 89.5 Å². The zero-order valence-electron chi connectivity index (χ0n) is 22.2. The first-order valence-corrected chi connectivity index (χ1v) is 14.9. The molecule has 37 heavy (non-hydrogen) atoms. The van der Waals surface area contributed by atoms with Crippen LogP contribution in [0.2, 0.25) is 0 Å². The average Bonchev–Trinajstić information content (AvgIpc) is 2.87. The van der Waals surface area contributed by atoms with Crippen molar-refractivity contribution in [1.82, 2.24) is 19.7 Å². The summed E-state index contributed by atoms with van der Waals surface area (Å²) >= 11 is 0. The van der Waals surface area contributed by atoms with Crippen molar-refractivity contribution in [3.05, 3.63) is 12.7 Å². The zero-order valence-corrected chi connectivity index (χ0v) is 23.0. The van der Waals surface area contributed by atoms with Crippen molar-refractivity contribution in [1.29, 1.82) is 0 Å². The lowest BCUT2D eigenvalue weighted by Crippen LogP contribution is -2.56. The predicted molar refractivity (Wildman–Crippen MR) is 141 cm³/mol. The quantitative estimate of drug-likeness (QED) is 0.187. The minimum Gasteiger partial charge on any atom is -0.390 e. The number of nitrogens with zero attached hydrogens (tertiary/aromatic N) is 1. The molecule has 2 rings (SSSR count). The second-order valence-corrected chi connectivity index (χ2v) is 12.3. The molecular formula is C25H46N4O7S. The van der Waals surface area contributed by atoms with Crippen molar-refractivity contribution in [2.24, 2.45) is 11.8 Å². The van der Waals surface area contributed by atoms with Crippen LogP contribution in [0, 0.1) is 11.8 Å². The van der Waals surface area contributed by atoms with Gasteiger partial charge in [0.2, 0.25) is 11.8 Å². The highest BCUT2D eigenvalue weighted by Crippen LogP contribution is 2.29. The second-order valence-electron chi connectivity index (χ2n) is 10.5. The van der Waals surface area contributed by atoms with Gasteiger partial charge in [0, 0.05) is 13.1 Å². The van der Waals surface area contributed by atoms with Crippen molar-refractivity contribution in [3.8, 4) is 0 Å². The van der Waals surface area contributed by atoms with Gasteiger partial charge in [0.1, 0.15) is 12.1 Å². The molecule has 0 unspecified atom stereocenters. The molecule has 0 aromatic carbocycles. The van der Waals surface area contributed by atoms with Crippen molar-refractivity contribution in [2.75, 3.05) is 32.8 Å². The molecule has 2 fully saturated rings. The van der Waals surface area contributed by atoms with Gasteiger partial charge in [-0.25, -0.2) is 0 Å². The largest absolute Gasteiger partial charge is 0.390 e. The molecule has 1 aliphatic heterocycles. The molecule has 0 bridgehead atoms. The van der Waals surface area contributed by atoms with E-state index in [0.717, 1.165) is 25.7 Å². The van der Waals surface area contributed by atoms with Crippen molar-refractivity contribution in [3.63, 3.8) is 0 Å². The molecule has 0 aromatic heterocycles. The topological polar surface area (TPSA) is 157 Å². The number of amides is 2. The van der Waals surface area contributed by atoms with Crippen LogP contribution in [0.15, 0.2) is 12.7 Å². The molecule has 2 amide bonds. The molecule has 0 radical (unpaired) electrons. The van der Waals surface area contributed by atoms with Gasteiger partial charge < -0.3 is 25.6 Å². The summed E-state index contributed by atoms with van der Waals surface area (Å²) in [7, 11) is -3.85. The first-order valence-electron chi connectivity index (χ1n) is 13.4. The maximum atomic E-state index is 13.2. The third-order valence-electron chi connectivity index (χ3n) is 6.94. The summed E-state index contributed by atoms with van der Waals surface area (Å²) in [6.45, 7) is 8.01. The van der Waals surface area contributed by atoms with Crippen LogP contribution >= 0.6 is 0 Å². The summed E-state index contributed by atoms with van der Waals surface area (Å²) in [5, 5.41) is 26.9. The molecule has 5 N–H and O–H groups in total. The lowest BCUT2D eigenvalue weighted by molar-refractivity contribution is -0.130. The maximum Gasteiger partial charge on any atom is 0.280 e. The number of ether oxygens (including phenoxy) is 1. The number of hydrogen-bond acceptors (Lipinski definition) is 7. The van der Waals surface area contributed by atoms with Gasteiger partial charge in [0.25, 0.3) is 10.2 Å². The Hall–Kier alpha value is -1.57. The number of rotatable bonds is 15. The van der Waals surface area contributed by atoms with Crippen molar-refractivity contribution < 1.29 is 33.0 Å². The Kier molecular flexibility index (Phi) is 13.5. The molecule has 4 atom stereocenters. The molecule has 11 nitrogen and oxygen atoms in total. The van der Waals surface area contributed by atoms with Gasteiger partial charge >= 0.3 is 0 Å². The molecule has 214 valence electrons. The van der Waals surface area contributed by atoms with Gasteiger partial charge in [0.15, 0.2) is 0 Å². The Bertz CT molecular complexity index is 827. The molecular weight excluding hydrogens is 500 g/mol. The van der Waals surface area contributed by atoms with E-state index < -0.39 is 52.9 Å². The van der Waals surface area contributed by atoms with E-state index in [4.69, 9.17) is 4.74 Å². The van der Waals surface area contributed by atoms with Crippen LogP contribution in [0.3, 0.4) is 0 Å². The fourth-order valence-corrected chi connectivity index (χ4v) is 6.04. The van der Waals surface area contributed by atoms with E-state index in [-0.39, 0.29) is 38.6 Å². The number of morpholine rings is 1. The van der Waals surface area contributed by atoms with Crippen LogP contribution in [0.5, 0.6) is 0 Å². The second kappa shape index (κ2) is 15.7. The van der Waals surface area contributed by atoms with Crippen LogP contribution in [-0.4, -0.2) is 91.9 Å². The number of aliphatic hydroxyl groups is 2. The molecule has 1 saturated heterocycles. The number of carbonyl (C=O) groups excluding carboxylic acids is 2. The molecule has 2 aliphatic rings. The Morgan fingerprint density at radius 2 is 1.76 bits per heavy atom. The monoisotopic (exact) mass is 546 g/mol. The van der Waals surface area contributed by atoms with E-state index in [1.807, 2.05) is 13.8 Å². The van der Waals surface area contributed by atoms with E-state index in [0.29, 0.717) is 18.8 Å². The normalized spacial score (nSPS) is 21.1. The number of hydrogen-bond donors (Lipinski definition) is 5. The summed E-state index contributed by atoms with van der Waals surface area (Å²) in [5.74, 6) is -0.671. The van der Waals surface area contributed by atoms with Crippen LogP contribution in [0.4, 0.5) is 0 Å². The molecule has 0 spiro atoms. The van der Waals surface area contributed by atoms with Gasteiger partial charge in [0.05, 0.1) is 31.9 Å². The van der Waals surface area contributed by atoms with Gasteiger partial charge in [-0.2, -0.15) is 17.4 Å². The third-order valence-corrected chi connectivity index (χ3v) is 8.49. The molecule has 1 heterocycles. The maximum absolute atomic E-state index is 13.2. The van der Waals surface area contributed by atoms with E-state index in [2.05, 4.69) is 21.9 Å². The number of aliphatic hydroxyl groups excluding tert-OH is 2. The van der Waals surface area contributed by atoms with E-state index in [1.54, 1.807) is 0 Å².